The summed E-state index contributed by atoms with van der Waals surface area (Å²) in [5.41, 5.74) is 7.99. The first-order valence-corrected chi connectivity index (χ1v) is 10.1. The van der Waals surface area contributed by atoms with E-state index in [2.05, 4.69) is 64.5 Å². The van der Waals surface area contributed by atoms with E-state index >= 15 is 0 Å². The van der Waals surface area contributed by atoms with Gasteiger partial charge in [0, 0.05) is 25.8 Å². The molecule has 0 bridgehead atoms. The molecule has 0 amide bonds. The van der Waals surface area contributed by atoms with Gasteiger partial charge in [0.25, 0.3) is 0 Å². The summed E-state index contributed by atoms with van der Waals surface area (Å²) in [6, 6.07) is 8.51. The van der Waals surface area contributed by atoms with Gasteiger partial charge in [-0.05, 0) is 42.4 Å². The summed E-state index contributed by atoms with van der Waals surface area (Å²) in [5.74, 6) is 1.53. The molecular formula is C22H42N2O2. The predicted octanol–water partition coefficient (Wildman–Crippen LogP) is 5.36. The number of nitrogens with one attached hydrogen (secondary N) is 2. The van der Waals surface area contributed by atoms with Gasteiger partial charge in [-0.1, -0.05) is 60.6 Å². The normalized spacial score (nSPS) is 12.5. The van der Waals surface area contributed by atoms with Crippen molar-refractivity contribution in [1.29, 1.82) is 0 Å². The summed E-state index contributed by atoms with van der Waals surface area (Å²) in [5, 5.41) is 0. The van der Waals surface area contributed by atoms with E-state index < -0.39 is 0 Å². The van der Waals surface area contributed by atoms with Gasteiger partial charge in [0.15, 0.2) is 0 Å². The second-order valence-corrected chi connectivity index (χ2v) is 8.04. The summed E-state index contributed by atoms with van der Waals surface area (Å²) in [6.07, 6.45) is 1.00. The Bertz CT molecular complexity index is 456. The van der Waals surface area contributed by atoms with Crippen molar-refractivity contribution in [2.24, 2.45) is 11.3 Å². The van der Waals surface area contributed by atoms with Crippen molar-refractivity contribution >= 4 is 0 Å². The van der Waals surface area contributed by atoms with Crippen LogP contribution in [0, 0.1) is 11.3 Å². The molecule has 0 radical (unpaired) electrons. The van der Waals surface area contributed by atoms with E-state index in [1.807, 2.05) is 26.0 Å². The fraction of sp³-hybridized carbons (Fsp3) is 0.727. The molecule has 0 saturated carbocycles. The molecule has 26 heavy (non-hydrogen) atoms. The van der Waals surface area contributed by atoms with Crippen LogP contribution in [0.4, 0.5) is 0 Å². The Hall–Kier alpha value is -1.10. The van der Waals surface area contributed by atoms with Gasteiger partial charge in [-0.15, -0.1) is 0 Å². The Labute approximate surface area is 162 Å². The lowest BCUT2D eigenvalue weighted by molar-refractivity contribution is 0.107. The molecule has 0 aliphatic carbocycles. The number of hydrogen-bond donors (Lipinski definition) is 2. The van der Waals surface area contributed by atoms with E-state index in [1.165, 1.54) is 5.56 Å². The number of rotatable bonds is 11. The van der Waals surface area contributed by atoms with Crippen LogP contribution >= 0.6 is 0 Å². The summed E-state index contributed by atoms with van der Waals surface area (Å²) in [6.45, 7) is 20.3. The molecule has 1 rings (SSSR count). The van der Waals surface area contributed by atoms with Crippen LogP contribution in [0.2, 0.25) is 0 Å². The Morgan fingerprint density at radius 2 is 1.77 bits per heavy atom. The first-order chi connectivity index (χ1) is 12.3. The van der Waals surface area contributed by atoms with Gasteiger partial charge < -0.3 is 9.47 Å². The average molecular weight is 367 g/mol. The summed E-state index contributed by atoms with van der Waals surface area (Å²) >= 11 is 0. The largest absolute Gasteiger partial charge is 0.493 e. The molecule has 0 spiro atoms. The number of ether oxygens (including phenoxy) is 2. The lowest BCUT2D eigenvalue weighted by Gasteiger charge is -2.20. The van der Waals surface area contributed by atoms with Crippen LogP contribution in [0.25, 0.3) is 0 Å². The highest BCUT2D eigenvalue weighted by molar-refractivity contribution is 5.30. The van der Waals surface area contributed by atoms with Crippen molar-refractivity contribution in [3.8, 4) is 5.75 Å². The predicted molar refractivity (Wildman–Crippen MR) is 113 cm³/mol. The Morgan fingerprint density at radius 3 is 2.38 bits per heavy atom. The quantitative estimate of drug-likeness (QED) is 0.409. The molecule has 0 aromatic heterocycles. The summed E-state index contributed by atoms with van der Waals surface area (Å²) < 4.78 is 11.5. The van der Waals surface area contributed by atoms with Crippen molar-refractivity contribution in [2.45, 2.75) is 67.9 Å². The zero-order valence-electron chi connectivity index (χ0n) is 18.3. The second kappa shape index (κ2) is 14.0. The van der Waals surface area contributed by atoms with Gasteiger partial charge in [-0.3, -0.25) is 10.9 Å². The lowest BCUT2D eigenvalue weighted by atomic mass is 9.99. The van der Waals surface area contributed by atoms with Crippen LogP contribution in [0.5, 0.6) is 5.75 Å². The molecular weight excluding hydrogens is 324 g/mol. The van der Waals surface area contributed by atoms with E-state index in [-0.39, 0.29) is 11.5 Å². The van der Waals surface area contributed by atoms with Crippen molar-refractivity contribution in [1.82, 2.24) is 10.9 Å². The maximum Gasteiger partial charge on any atom is 0.119 e. The zero-order chi connectivity index (χ0) is 20.0. The highest BCUT2D eigenvalue weighted by Crippen LogP contribution is 2.21. The molecule has 4 heteroatoms. The Balaban J connectivity index is 0.00000301. The van der Waals surface area contributed by atoms with Crippen LogP contribution in [-0.2, 0) is 4.74 Å². The van der Waals surface area contributed by atoms with E-state index in [0.29, 0.717) is 12.5 Å². The van der Waals surface area contributed by atoms with Crippen molar-refractivity contribution < 1.29 is 9.47 Å². The molecule has 0 aliphatic rings. The average Bonchev–Trinajstić information content (AvgIpc) is 2.60. The first-order valence-electron chi connectivity index (χ1n) is 10.1. The van der Waals surface area contributed by atoms with E-state index in [0.717, 1.165) is 31.9 Å². The van der Waals surface area contributed by atoms with Crippen molar-refractivity contribution in [3.05, 3.63) is 29.8 Å². The maximum atomic E-state index is 5.89. The van der Waals surface area contributed by atoms with Gasteiger partial charge >= 0.3 is 0 Å². The van der Waals surface area contributed by atoms with E-state index in [1.54, 1.807) is 0 Å². The number of benzene rings is 1. The van der Waals surface area contributed by atoms with E-state index in [9.17, 15) is 0 Å². The molecule has 1 atom stereocenters. The van der Waals surface area contributed by atoms with Gasteiger partial charge in [-0.2, -0.15) is 0 Å². The molecule has 0 aliphatic heterocycles. The van der Waals surface area contributed by atoms with Crippen LogP contribution in [0.3, 0.4) is 0 Å². The van der Waals surface area contributed by atoms with Crippen molar-refractivity contribution in [2.75, 3.05) is 26.4 Å². The molecule has 2 N–H and O–H groups in total. The smallest absolute Gasteiger partial charge is 0.119 e. The van der Waals surface area contributed by atoms with Crippen LogP contribution in [-0.4, -0.2) is 26.4 Å². The minimum absolute atomic E-state index is 0.166. The number of hydrogen-bond acceptors (Lipinski definition) is 4. The van der Waals surface area contributed by atoms with Crippen molar-refractivity contribution in [3.63, 3.8) is 0 Å². The Kier molecular flexibility index (Phi) is 13.4. The highest BCUT2D eigenvalue weighted by atomic mass is 16.5. The summed E-state index contributed by atoms with van der Waals surface area (Å²) in [4.78, 5) is 0. The van der Waals surface area contributed by atoms with Gasteiger partial charge in [0.1, 0.15) is 5.75 Å². The second-order valence-electron chi connectivity index (χ2n) is 8.04. The third-order valence-electron chi connectivity index (χ3n) is 3.39. The zero-order valence-corrected chi connectivity index (χ0v) is 18.3. The lowest BCUT2D eigenvalue weighted by Crippen LogP contribution is -2.35. The fourth-order valence-corrected chi connectivity index (χ4v) is 2.06. The fourth-order valence-electron chi connectivity index (χ4n) is 2.06. The van der Waals surface area contributed by atoms with Gasteiger partial charge in [-0.25, -0.2) is 0 Å². The monoisotopic (exact) mass is 366 g/mol. The van der Waals surface area contributed by atoms with Gasteiger partial charge in [0.2, 0.25) is 0 Å². The topological polar surface area (TPSA) is 42.5 Å². The molecule has 1 aromatic carbocycles. The van der Waals surface area contributed by atoms with Gasteiger partial charge in [0.05, 0.1) is 6.61 Å². The first kappa shape index (κ1) is 24.9. The molecule has 0 fully saturated rings. The van der Waals surface area contributed by atoms with Crippen LogP contribution in [0.15, 0.2) is 24.3 Å². The molecule has 152 valence electrons. The summed E-state index contributed by atoms with van der Waals surface area (Å²) in [7, 11) is 0. The van der Waals surface area contributed by atoms with Crippen LogP contribution in [0.1, 0.15) is 73.4 Å². The third-order valence-corrected chi connectivity index (χ3v) is 3.39. The number of hydrazine groups is 1. The minimum atomic E-state index is 0.166. The van der Waals surface area contributed by atoms with E-state index in [4.69, 9.17) is 9.47 Å². The standard InChI is InChI=1S/C20H36N2O2.C2H6/c1-16(2)14-23-12-8-11-21-22-17(3)18-9-7-10-19(13-18)24-15-20(4,5)6;1-2/h7,9-10,13,16-17,21-22H,8,11-12,14-15H2,1-6H3;1-2H3. The minimum Gasteiger partial charge on any atom is -0.493 e. The molecule has 1 aromatic rings. The maximum absolute atomic E-state index is 5.89. The molecule has 1 unspecified atom stereocenters. The SMILES string of the molecule is CC.CC(C)COCCCNNC(C)c1cccc(OCC(C)(C)C)c1. The molecule has 0 heterocycles. The van der Waals surface area contributed by atoms with Crippen LogP contribution < -0.4 is 15.6 Å². The Morgan fingerprint density at radius 1 is 1.08 bits per heavy atom. The third kappa shape index (κ3) is 13.2. The highest BCUT2D eigenvalue weighted by Gasteiger charge is 2.12. The molecule has 4 nitrogen and oxygen atoms in total. The molecule has 0 saturated heterocycles.